The average molecular weight is 458 g/mol. The van der Waals surface area contributed by atoms with Crippen LogP contribution in [0.3, 0.4) is 0 Å². The third-order valence-corrected chi connectivity index (χ3v) is 6.18. The fraction of sp³-hybridized carbons (Fsp3) is 0.304. The lowest BCUT2D eigenvalue weighted by atomic mass is 9.96. The number of carbonyl (C=O) groups is 3. The zero-order chi connectivity index (χ0) is 23.7. The van der Waals surface area contributed by atoms with Crippen molar-refractivity contribution in [3.8, 4) is 6.07 Å². The van der Waals surface area contributed by atoms with Gasteiger partial charge in [-0.1, -0.05) is 6.07 Å². The zero-order valence-corrected chi connectivity index (χ0v) is 18.2. The molecule has 3 amide bonds. The number of aryl methyl sites for hydroxylation is 1. The summed E-state index contributed by atoms with van der Waals surface area (Å²) in [5.74, 6) is -1.57. The van der Waals surface area contributed by atoms with Gasteiger partial charge in [0, 0.05) is 42.4 Å². The lowest BCUT2D eigenvalue weighted by molar-refractivity contribution is -0.135. The molecule has 1 aliphatic heterocycles. The summed E-state index contributed by atoms with van der Waals surface area (Å²) in [6.45, 7) is 0.531. The summed E-state index contributed by atoms with van der Waals surface area (Å²) in [6, 6.07) is 12.8. The van der Waals surface area contributed by atoms with Crippen LogP contribution in [-0.4, -0.2) is 38.9 Å². The zero-order valence-electron chi connectivity index (χ0n) is 18.2. The number of nitrogens with one attached hydrogen (secondary N) is 3. The Morgan fingerprint density at radius 2 is 2.00 bits per heavy atom. The molecule has 2 aromatic heterocycles. The van der Waals surface area contributed by atoms with E-state index < -0.39 is 11.8 Å². The van der Waals surface area contributed by atoms with Crippen LogP contribution in [0.15, 0.2) is 42.6 Å². The van der Waals surface area contributed by atoms with Crippen molar-refractivity contribution in [2.75, 3.05) is 22.2 Å². The van der Waals surface area contributed by atoms with Gasteiger partial charge in [0.15, 0.2) is 5.65 Å². The van der Waals surface area contributed by atoms with Gasteiger partial charge in [0.1, 0.15) is 0 Å². The first-order valence-corrected chi connectivity index (χ1v) is 11.0. The van der Waals surface area contributed by atoms with Crippen molar-refractivity contribution in [2.24, 2.45) is 5.41 Å². The van der Waals surface area contributed by atoms with E-state index in [1.807, 2.05) is 6.07 Å². The van der Waals surface area contributed by atoms with E-state index in [-0.39, 0.29) is 17.3 Å². The Morgan fingerprint density at radius 1 is 1.15 bits per heavy atom. The number of fused-ring (bicyclic) bond motifs is 2. The fourth-order valence-electron chi connectivity index (χ4n) is 4.12. The lowest BCUT2D eigenvalue weighted by Crippen LogP contribution is -2.40. The number of hydrogen-bond donors (Lipinski definition) is 3. The molecule has 0 bridgehead atoms. The third-order valence-electron chi connectivity index (χ3n) is 6.18. The summed E-state index contributed by atoms with van der Waals surface area (Å²) < 4.78 is 1.53. The first-order chi connectivity index (χ1) is 16.5. The second-order valence-corrected chi connectivity index (χ2v) is 8.63. The van der Waals surface area contributed by atoms with Crippen molar-refractivity contribution in [3.63, 3.8) is 0 Å². The number of anilines is 3. The van der Waals surface area contributed by atoms with E-state index in [2.05, 4.69) is 32.3 Å². The van der Waals surface area contributed by atoms with Gasteiger partial charge in [-0.25, -0.2) is 4.52 Å². The van der Waals surface area contributed by atoms with E-state index in [4.69, 9.17) is 5.26 Å². The van der Waals surface area contributed by atoms with Crippen molar-refractivity contribution in [1.29, 1.82) is 5.26 Å². The SMILES string of the molecule is N#CCC1(CN2C(=O)CCc3cc(NC(=O)C(=O)NNc4nc5ccccn5n4)ccc32)CC1. The molecular formula is C23H22N8O3. The summed E-state index contributed by atoms with van der Waals surface area (Å²) in [4.78, 5) is 43.1. The minimum absolute atomic E-state index is 0.0412. The molecule has 0 unspecified atom stereocenters. The monoisotopic (exact) mass is 458 g/mol. The number of benzene rings is 1. The van der Waals surface area contributed by atoms with Gasteiger partial charge < -0.3 is 10.2 Å². The summed E-state index contributed by atoms with van der Waals surface area (Å²) in [7, 11) is 0. The summed E-state index contributed by atoms with van der Waals surface area (Å²) in [6.07, 6.45) is 4.95. The maximum absolute atomic E-state index is 12.6. The number of nitrogens with zero attached hydrogens (tertiary/aromatic N) is 5. The number of hydrazine groups is 1. The second-order valence-electron chi connectivity index (χ2n) is 8.63. The van der Waals surface area contributed by atoms with Crippen molar-refractivity contribution in [2.45, 2.75) is 32.1 Å². The lowest BCUT2D eigenvalue weighted by Gasteiger charge is -2.32. The van der Waals surface area contributed by atoms with Crippen LogP contribution in [0.1, 0.15) is 31.2 Å². The average Bonchev–Trinajstić information content (AvgIpc) is 3.46. The molecule has 34 heavy (non-hydrogen) atoms. The molecule has 3 aromatic rings. The predicted octanol–water partition coefficient (Wildman–Crippen LogP) is 1.78. The van der Waals surface area contributed by atoms with Gasteiger partial charge in [0.25, 0.3) is 5.95 Å². The highest BCUT2D eigenvalue weighted by Gasteiger charge is 2.45. The molecule has 1 aromatic carbocycles. The fourth-order valence-corrected chi connectivity index (χ4v) is 4.12. The Hall–Kier alpha value is -4.46. The van der Waals surface area contributed by atoms with Crippen LogP contribution in [0.4, 0.5) is 17.3 Å². The molecule has 1 fully saturated rings. The van der Waals surface area contributed by atoms with Gasteiger partial charge in [-0.05, 0) is 55.2 Å². The normalized spacial score (nSPS) is 15.9. The number of amides is 3. The Labute approximate surface area is 194 Å². The second kappa shape index (κ2) is 8.47. The third kappa shape index (κ3) is 4.25. The molecule has 2 aliphatic rings. The van der Waals surface area contributed by atoms with E-state index >= 15 is 0 Å². The predicted molar refractivity (Wildman–Crippen MR) is 122 cm³/mol. The molecule has 1 saturated carbocycles. The molecule has 1 aliphatic carbocycles. The van der Waals surface area contributed by atoms with Gasteiger partial charge in [-0.2, -0.15) is 10.2 Å². The van der Waals surface area contributed by atoms with Crippen LogP contribution in [0, 0.1) is 16.7 Å². The molecule has 0 atom stereocenters. The van der Waals surface area contributed by atoms with Crippen LogP contribution >= 0.6 is 0 Å². The molecule has 0 radical (unpaired) electrons. The number of pyridine rings is 1. The van der Waals surface area contributed by atoms with Gasteiger partial charge >= 0.3 is 11.8 Å². The minimum Gasteiger partial charge on any atom is -0.318 e. The van der Waals surface area contributed by atoms with Gasteiger partial charge in [0.2, 0.25) is 5.91 Å². The Morgan fingerprint density at radius 3 is 2.76 bits per heavy atom. The topological polar surface area (TPSA) is 145 Å². The van der Waals surface area contributed by atoms with Crippen molar-refractivity contribution >= 4 is 40.7 Å². The van der Waals surface area contributed by atoms with E-state index in [1.54, 1.807) is 41.4 Å². The first kappa shape index (κ1) is 21.4. The molecule has 3 N–H and O–H groups in total. The van der Waals surface area contributed by atoms with Crippen molar-refractivity contribution in [1.82, 2.24) is 20.0 Å². The number of hydrogen-bond acceptors (Lipinski definition) is 7. The molecule has 5 rings (SSSR count). The molecule has 172 valence electrons. The minimum atomic E-state index is -0.902. The van der Waals surface area contributed by atoms with Gasteiger partial charge in [-0.15, -0.1) is 5.10 Å². The van der Waals surface area contributed by atoms with Gasteiger partial charge in [0.05, 0.1) is 6.07 Å². The molecule has 3 heterocycles. The number of carbonyl (C=O) groups excluding carboxylic acids is 3. The van der Waals surface area contributed by atoms with Crippen LogP contribution in [0.25, 0.3) is 5.65 Å². The highest BCUT2D eigenvalue weighted by atomic mass is 16.2. The standard InChI is InChI=1S/C23H22N8O3/c24-11-10-23(8-9-23)14-30-17-6-5-16(13-15(17)4-7-19(30)32)25-20(33)21(34)27-28-22-26-18-3-1-2-12-31(18)29-22/h1-3,5-6,12-13H,4,7-10,14H2,(H,25,33)(H,27,34)(H,28,29). The summed E-state index contributed by atoms with van der Waals surface area (Å²) >= 11 is 0. The molecule has 11 heteroatoms. The largest absolute Gasteiger partial charge is 0.328 e. The smallest absolute Gasteiger partial charge is 0.318 e. The van der Waals surface area contributed by atoms with Crippen LogP contribution in [-0.2, 0) is 20.8 Å². The Bertz CT molecular complexity index is 1300. The van der Waals surface area contributed by atoms with E-state index in [0.717, 1.165) is 24.1 Å². The van der Waals surface area contributed by atoms with Crippen LogP contribution in [0.2, 0.25) is 0 Å². The highest BCUT2D eigenvalue weighted by molar-refractivity contribution is 6.39. The maximum Gasteiger partial charge on any atom is 0.328 e. The van der Waals surface area contributed by atoms with Gasteiger partial charge in [-0.3, -0.25) is 25.2 Å². The van der Waals surface area contributed by atoms with E-state index in [9.17, 15) is 14.4 Å². The number of nitriles is 1. The quantitative estimate of drug-likeness (QED) is 0.377. The molecule has 11 nitrogen and oxygen atoms in total. The van der Waals surface area contributed by atoms with Crippen molar-refractivity contribution < 1.29 is 14.4 Å². The highest BCUT2D eigenvalue weighted by Crippen LogP contribution is 2.50. The Balaban J connectivity index is 1.22. The maximum atomic E-state index is 12.6. The summed E-state index contributed by atoms with van der Waals surface area (Å²) in [5, 5.41) is 15.8. The van der Waals surface area contributed by atoms with Crippen LogP contribution in [0.5, 0.6) is 0 Å². The number of rotatable bonds is 6. The molecular weight excluding hydrogens is 436 g/mol. The summed E-state index contributed by atoms with van der Waals surface area (Å²) in [5.41, 5.74) is 7.46. The first-order valence-electron chi connectivity index (χ1n) is 11.0. The van der Waals surface area contributed by atoms with E-state index in [0.29, 0.717) is 37.1 Å². The van der Waals surface area contributed by atoms with E-state index in [1.165, 1.54) is 4.52 Å². The Kier molecular flexibility index (Phi) is 5.33. The number of aromatic nitrogens is 3. The molecule has 0 saturated heterocycles. The molecule has 0 spiro atoms. The van der Waals surface area contributed by atoms with Crippen molar-refractivity contribution in [3.05, 3.63) is 48.2 Å². The van der Waals surface area contributed by atoms with Crippen LogP contribution < -0.4 is 21.1 Å².